The summed E-state index contributed by atoms with van der Waals surface area (Å²) in [6, 6.07) is 6.08. The maximum Gasteiger partial charge on any atom is 0.119 e. The number of nitrogens with one attached hydrogen (secondary N) is 2. The Labute approximate surface area is 105 Å². The molecule has 0 radical (unpaired) electrons. The fourth-order valence-electron chi connectivity index (χ4n) is 1.60. The first-order chi connectivity index (χ1) is 7.92. The van der Waals surface area contributed by atoms with E-state index < -0.39 is 0 Å². The Morgan fingerprint density at radius 3 is 2.41 bits per heavy atom. The van der Waals surface area contributed by atoms with Gasteiger partial charge < -0.3 is 15.4 Å². The number of aryl methyl sites for hydroxylation is 1. The van der Waals surface area contributed by atoms with Crippen molar-refractivity contribution < 1.29 is 4.74 Å². The molecule has 3 heteroatoms. The summed E-state index contributed by atoms with van der Waals surface area (Å²) in [5.41, 5.74) is 2.55. The first kappa shape index (κ1) is 13.8. The van der Waals surface area contributed by atoms with Crippen LogP contribution in [0.1, 0.15) is 26.3 Å². The molecule has 0 aliphatic heterocycles. The second-order valence-corrected chi connectivity index (χ2v) is 5.28. The molecule has 0 heterocycles. The van der Waals surface area contributed by atoms with Crippen LogP contribution in [-0.2, 0) is 0 Å². The molecule has 0 spiro atoms. The van der Waals surface area contributed by atoms with Crippen LogP contribution in [0.3, 0.4) is 0 Å². The lowest BCUT2D eigenvalue weighted by molar-refractivity contribution is 0.414. The topological polar surface area (TPSA) is 33.3 Å². The minimum Gasteiger partial charge on any atom is -0.497 e. The molecule has 0 amide bonds. The molecule has 0 aliphatic rings. The van der Waals surface area contributed by atoms with Gasteiger partial charge in [0.1, 0.15) is 5.75 Å². The SMILES string of the molecule is COc1ccc(NCCNC(C)(C)C)c(C)c1. The van der Waals surface area contributed by atoms with E-state index in [0.717, 1.165) is 18.8 Å². The smallest absolute Gasteiger partial charge is 0.119 e. The molecule has 0 saturated heterocycles. The van der Waals surface area contributed by atoms with E-state index in [2.05, 4.69) is 44.4 Å². The summed E-state index contributed by atoms with van der Waals surface area (Å²) in [6.45, 7) is 10.5. The molecule has 1 rings (SSSR count). The van der Waals surface area contributed by atoms with E-state index in [0.29, 0.717) is 0 Å². The Morgan fingerprint density at radius 2 is 1.88 bits per heavy atom. The Morgan fingerprint density at radius 1 is 1.18 bits per heavy atom. The fourth-order valence-corrected chi connectivity index (χ4v) is 1.60. The minimum absolute atomic E-state index is 0.177. The number of hydrogen-bond acceptors (Lipinski definition) is 3. The molecular formula is C14H24N2O. The van der Waals surface area contributed by atoms with Crippen LogP contribution in [0.15, 0.2) is 18.2 Å². The predicted molar refractivity (Wildman–Crippen MR) is 74.0 cm³/mol. The van der Waals surface area contributed by atoms with Crippen LogP contribution in [0.4, 0.5) is 5.69 Å². The zero-order chi connectivity index (χ0) is 12.9. The van der Waals surface area contributed by atoms with Gasteiger partial charge in [0.05, 0.1) is 7.11 Å². The Kier molecular flexibility index (Phi) is 4.82. The second-order valence-electron chi connectivity index (χ2n) is 5.28. The van der Waals surface area contributed by atoms with Crippen molar-refractivity contribution in [2.45, 2.75) is 33.2 Å². The van der Waals surface area contributed by atoms with Crippen molar-refractivity contribution in [2.75, 3.05) is 25.5 Å². The standard InChI is InChI=1S/C14H24N2O/c1-11-10-12(17-5)6-7-13(11)15-8-9-16-14(2,3)4/h6-7,10,15-16H,8-9H2,1-5H3. The van der Waals surface area contributed by atoms with Gasteiger partial charge in [-0.1, -0.05) is 0 Å². The van der Waals surface area contributed by atoms with Gasteiger partial charge in [0.25, 0.3) is 0 Å². The van der Waals surface area contributed by atoms with E-state index in [-0.39, 0.29) is 5.54 Å². The summed E-state index contributed by atoms with van der Waals surface area (Å²) in [6.07, 6.45) is 0. The predicted octanol–water partition coefficient (Wildman–Crippen LogP) is 2.80. The minimum atomic E-state index is 0.177. The molecule has 0 aromatic heterocycles. The zero-order valence-electron chi connectivity index (χ0n) is 11.6. The van der Waals surface area contributed by atoms with E-state index in [1.165, 1.54) is 11.3 Å². The summed E-state index contributed by atoms with van der Waals surface area (Å²) in [5, 5.41) is 6.87. The Bertz CT molecular complexity index is 356. The van der Waals surface area contributed by atoms with Gasteiger partial charge in [-0.15, -0.1) is 0 Å². The van der Waals surface area contributed by atoms with Crippen molar-refractivity contribution in [3.8, 4) is 5.75 Å². The Hall–Kier alpha value is -1.22. The lowest BCUT2D eigenvalue weighted by Gasteiger charge is -2.21. The summed E-state index contributed by atoms with van der Waals surface area (Å²) in [4.78, 5) is 0. The molecule has 0 bridgehead atoms. The highest BCUT2D eigenvalue weighted by atomic mass is 16.5. The van der Waals surface area contributed by atoms with Gasteiger partial charge in [-0.25, -0.2) is 0 Å². The van der Waals surface area contributed by atoms with Crippen LogP contribution >= 0.6 is 0 Å². The number of benzene rings is 1. The van der Waals surface area contributed by atoms with E-state index >= 15 is 0 Å². The molecule has 2 N–H and O–H groups in total. The molecule has 0 fully saturated rings. The highest BCUT2D eigenvalue weighted by Crippen LogP contribution is 2.20. The van der Waals surface area contributed by atoms with Gasteiger partial charge in [0.2, 0.25) is 0 Å². The highest BCUT2D eigenvalue weighted by molar-refractivity contribution is 5.53. The largest absolute Gasteiger partial charge is 0.497 e. The number of hydrogen-bond donors (Lipinski definition) is 2. The van der Waals surface area contributed by atoms with Crippen molar-refractivity contribution in [1.29, 1.82) is 0 Å². The molecular weight excluding hydrogens is 212 g/mol. The van der Waals surface area contributed by atoms with E-state index in [1.807, 2.05) is 12.1 Å². The van der Waals surface area contributed by atoms with Crippen molar-refractivity contribution >= 4 is 5.69 Å². The number of methoxy groups -OCH3 is 1. The molecule has 1 aromatic carbocycles. The molecule has 0 atom stereocenters. The van der Waals surface area contributed by atoms with Crippen molar-refractivity contribution in [2.24, 2.45) is 0 Å². The molecule has 0 saturated carbocycles. The van der Waals surface area contributed by atoms with Gasteiger partial charge in [-0.05, 0) is 51.5 Å². The van der Waals surface area contributed by atoms with E-state index in [1.54, 1.807) is 7.11 Å². The molecule has 1 aromatic rings. The first-order valence-corrected chi connectivity index (χ1v) is 6.06. The van der Waals surface area contributed by atoms with Gasteiger partial charge in [0, 0.05) is 24.3 Å². The lowest BCUT2D eigenvalue weighted by atomic mass is 10.1. The van der Waals surface area contributed by atoms with Crippen LogP contribution in [0.5, 0.6) is 5.75 Å². The summed E-state index contributed by atoms with van der Waals surface area (Å²) in [5.74, 6) is 0.904. The van der Waals surface area contributed by atoms with E-state index in [4.69, 9.17) is 4.74 Å². The third-order valence-corrected chi connectivity index (χ3v) is 2.53. The lowest BCUT2D eigenvalue weighted by Crippen LogP contribution is -2.38. The molecule has 0 aliphatic carbocycles. The number of anilines is 1. The molecule has 0 unspecified atom stereocenters. The number of ether oxygens (including phenoxy) is 1. The van der Waals surface area contributed by atoms with E-state index in [9.17, 15) is 0 Å². The van der Waals surface area contributed by atoms with Crippen LogP contribution in [0.25, 0.3) is 0 Å². The van der Waals surface area contributed by atoms with Crippen molar-refractivity contribution in [3.05, 3.63) is 23.8 Å². The third-order valence-electron chi connectivity index (χ3n) is 2.53. The maximum atomic E-state index is 5.18. The number of rotatable bonds is 5. The molecule has 3 nitrogen and oxygen atoms in total. The monoisotopic (exact) mass is 236 g/mol. The third kappa shape index (κ3) is 5.09. The van der Waals surface area contributed by atoms with Crippen LogP contribution in [-0.4, -0.2) is 25.7 Å². The molecule has 17 heavy (non-hydrogen) atoms. The van der Waals surface area contributed by atoms with Crippen LogP contribution in [0, 0.1) is 6.92 Å². The van der Waals surface area contributed by atoms with Crippen molar-refractivity contribution in [3.63, 3.8) is 0 Å². The Balaban J connectivity index is 2.42. The van der Waals surface area contributed by atoms with Gasteiger partial charge in [-0.2, -0.15) is 0 Å². The highest BCUT2D eigenvalue weighted by Gasteiger charge is 2.07. The van der Waals surface area contributed by atoms with Gasteiger partial charge >= 0.3 is 0 Å². The second kappa shape index (κ2) is 5.92. The quantitative estimate of drug-likeness (QED) is 0.771. The maximum absolute atomic E-state index is 5.18. The van der Waals surface area contributed by atoms with Gasteiger partial charge in [0.15, 0.2) is 0 Å². The molecule has 96 valence electrons. The average Bonchev–Trinajstić information content (AvgIpc) is 2.24. The normalized spacial score (nSPS) is 11.4. The van der Waals surface area contributed by atoms with Crippen LogP contribution < -0.4 is 15.4 Å². The average molecular weight is 236 g/mol. The van der Waals surface area contributed by atoms with Gasteiger partial charge in [-0.3, -0.25) is 0 Å². The summed E-state index contributed by atoms with van der Waals surface area (Å²) in [7, 11) is 1.69. The van der Waals surface area contributed by atoms with Crippen molar-refractivity contribution in [1.82, 2.24) is 5.32 Å². The first-order valence-electron chi connectivity index (χ1n) is 6.06. The summed E-state index contributed by atoms with van der Waals surface area (Å²) >= 11 is 0. The summed E-state index contributed by atoms with van der Waals surface area (Å²) < 4.78 is 5.18. The van der Waals surface area contributed by atoms with Crippen LogP contribution in [0.2, 0.25) is 0 Å². The zero-order valence-corrected chi connectivity index (χ0v) is 11.6. The fraction of sp³-hybridized carbons (Fsp3) is 0.571.